The minimum absolute atomic E-state index is 0.163. The lowest BCUT2D eigenvalue weighted by atomic mass is 9.91. The van der Waals surface area contributed by atoms with Gasteiger partial charge in [-0.25, -0.2) is 9.59 Å². The van der Waals surface area contributed by atoms with Crippen molar-refractivity contribution in [1.29, 1.82) is 0 Å². The quantitative estimate of drug-likeness (QED) is 0.0473. The molecule has 2 aromatic carbocycles. The number of rotatable bonds is 26. The fourth-order valence-electron chi connectivity index (χ4n) is 8.05. The molecule has 0 unspecified atom stereocenters. The Labute approximate surface area is 343 Å². The molecular formula is C48H66N2O8. The summed E-state index contributed by atoms with van der Waals surface area (Å²) in [6.07, 6.45) is 22.6. The van der Waals surface area contributed by atoms with Gasteiger partial charge in [0.1, 0.15) is 22.7 Å². The number of amides is 2. The summed E-state index contributed by atoms with van der Waals surface area (Å²) < 4.78 is 22.4. The highest BCUT2D eigenvalue weighted by atomic mass is 16.5. The smallest absolute Gasteiger partial charge is 0.336 e. The van der Waals surface area contributed by atoms with E-state index in [2.05, 4.69) is 10.6 Å². The number of nitrogens with one attached hydrogen (secondary N) is 2. The van der Waals surface area contributed by atoms with Crippen molar-refractivity contribution < 1.29 is 27.9 Å². The molecule has 0 aliphatic heterocycles. The van der Waals surface area contributed by atoms with Crippen molar-refractivity contribution in [3.8, 4) is 11.5 Å². The van der Waals surface area contributed by atoms with Gasteiger partial charge in [0.25, 0.3) is 0 Å². The number of carbonyl (C=O) groups excluding carboxylic acids is 2. The lowest BCUT2D eigenvalue weighted by Gasteiger charge is -2.29. The summed E-state index contributed by atoms with van der Waals surface area (Å²) in [6, 6.07) is 14.8. The van der Waals surface area contributed by atoms with Crippen LogP contribution in [-0.2, 0) is 9.59 Å². The van der Waals surface area contributed by atoms with E-state index < -0.39 is 0 Å². The topological polar surface area (TPSA) is 137 Å². The second-order valence-corrected chi connectivity index (χ2v) is 16.4. The van der Waals surface area contributed by atoms with Gasteiger partial charge >= 0.3 is 11.3 Å². The highest BCUT2D eigenvalue weighted by Gasteiger charge is 2.23. The number of fused-ring (bicyclic) bond motifs is 2. The first-order valence-electron chi connectivity index (χ1n) is 22.2. The van der Waals surface area contributed by atoms with Gasteiger partial charge in [-0.1, -0.05) is 77.0 Å². The first-order valence-corrected chi connectivity index (χ1v) is 22.2. The van der Waals surface area contributed by atoms with Crippen LogP contribution >= 0.6 is 0 Å². The van der Waals surface area contributed by atoms with E-state index in [0.29, 0.717) is 37.2 Å². The van der Waals surface area contributed by atoms with Crippen molar-refractivity contribution in [1.82, 2.24) is 10.6 Å². The van der Waals surface area contributed by atoms with Gasteiger partial charge in [-0.3, -0.25) is 9.59 Å². The van der Waals surface area contributed by atoms with E-state index in [-0.39, 0.29) is 35.1 Å². The van der Waals surface area contributed by atoms with Crippen LogP contribution in [0.15, 0.2) is 67.0 Å². The zero-order chi connectivity index (χ0) is 41.0. The van der Waals surface area contributed by atoms with Gasteiger partial charge in [0.05, 0.1) is 13.2 Å². The standard InChI is InChI=1S/C48H66N2O8/c1-35-31-47(53)57-43-33-39(25-27-41(35)43)55-29-17-13-9-5-3-7-11-15-19-45(51)49-37-21-23-38(24-22-37)50-46(52)20-16-12-8-4-6-10-14-18-30-56-40-26-28-42-36(2)32-48(54)58-44(42)34-40/h25-28,31-34,37-38H,3-24,29-30H2,1-2H3,(H,49,51)(H,50,52). The summed E-state index contributed by atoms with van der Waals surface area (Å²) in [6.45, 7) is 5.11. The summed E-state index contributed by atoms with van der Waals surface area (Å²) in [5, 5.41) is 8.33. The van der Waals surface area contributed by atoms with Crippen molar-refractivity contribution in [2.75, 3.05) is 13.2 Å². The summed E-state index contributed by atoms with van der Waals surface area (Å²) in [5.74, 6) is 1.78. The Morgan fingerprint density at radius 3 is 1.24 bits per heavy atom. The van der Waals surface area contributed by atoms with Crippen LogP contribution in [0.25, 0.3) is 21.9 Å². The molecule has 0 radical (unpaired) electrons. The van der Waals surface area contributed by atoms with Crippen LogP contribution in [0, 0.1) is 13.8 Å². The van der Waals surface area contributed by atoms with Crippen LogP contribution < -0.4 is 31.4 Å². The Bertz CT molecular complexity index is 1850. The third-order valence-corrected chi connectivity index (χ3v) is 11.4. The van der Waals surface area contributed by atoms with Gasteiger partial charge in [-0.15, -0.1) is 0 Å². The summed E-state index contributed by atoms with van der Waals surface area (Å²) in [7, 11) is 0. The highest BCUT2D eigenvalue weighted by molar-refractivity contribution is 5.82. The van der Waals surface area contributed by atoms with Crippen LogP contribution in [0.4, 0.5) is 0 Å². The molecule has 1 aliphatic carbocycles. The first-order chi connectivity index (χ1) is 28.2. The Kier molecular flexibility index (Phi) is 18.7. The molecule has 4 aromatic rings. The van der Waals surface area contributed by atoms with E-state index >= 15 is 0 Å². The van der Waals surface area contributed by atoms with Gasteiger partial charge < -0.3 is 28.9 Å². The Morgan fingerprint density at radius 1 is 0.517 bits per heavy atom. The van der Waals surface area contributed by atoms with Crippen molar-refractivity contribution in [3.05, 3.63) is 80.5 Å². The number of ether oxygens (including phenoxy) is 2. The van der Waals surface area contributed by atoms with E-state index in [0.717, 1.165) is 123 Å². The van der Waals surface area contributed by atoms with E-state index in [1.807, 2.05) is 38.1 Å². The molecular weight excluding hydrogens is 733 g/mol. The van der Waals surface area contributed by atoms with Crippen molar-refractivity contribution in [2.24, 2.45) is 0 Å². The molecule has 2 heterocycles. The van der Waals surface area contributed by atoms with E-state index in [1.54, 1.807) is 12.1 Å². The number of unbranched alkanes of at least 4 members (excludes halogenated alkanes) is 14. The molecule has 5 rings (SSSR count). The summed E-state index contributed by atoms with van der Waals surface area (Å²) in [4.78, 5) is 48.4. The minimum atomic E-state index is -0.339. The zero-order valence-corrected chi connectivity index (χ0v) is 35.0. The molecule has 10 nitrogen and oxygen atoms in total. The predicted octanol–water partition coefficient (Wildman–Crippen LogP) is 10.5. The van der Waals surface area contributed by atoms with Gasteiger partial charge in [-0.2, -0.15) is 0 Å². The van der Waals surface area contributed by atoms with Crippen LogP contribution in [0.3, 0.4) is 0 Å². The van der Waals surface area contributed by atoms with Crippen molar-refractivity contribution in [3.63, 3.8) is 0 Å². The normalized spacial score (nSPS) is 15.4. The molecule has 1 fully saturated rings. The van der Waals surface area contributed by atoms with Crippen molar-refractivity contribution >= 4 is 33.8 Å². The number of aryl methyl sites for hydroxylation is 2. The maximum Gasteiger partial charge on any atom is 0.336 e. The lowest BCUT2D eigenvalue weighted by Crippen LogP contribution is -2.43. The first kappa shape index (κ1) is 44.5. The third-order valence-electron chi connectivity index (χ3n) is 11.4. The molecule has 316 valence electrons. The summed E-state index contributed by atoms with van der Waals surface area (Å²) >= 11 is 0. The average molecular weight is 799 g/mol. The van der Waals surface area contributed by atoms with E-state index in [1.165, 1.54) is 50.7 Å². The average Bonchev–Trinajstić information content (AvgIpc) is 3.19. The lowest BCUT2D eigenvalue weighted by molar-refractivity contribution is -0.123. The molecule has 2 amide bonds. The SMILES string of the molecule is Cc1cc(=O)oc2cc(OCCCCCCCCCCC(=O)NC3CCC(NC(=O)CCCCCCCCCCOc4ccc5c(C)cc(=O)oc5c4)CC3)ccc12. The van der Waals surface area contributed by atoms with Crippen LogP contribution in [-0.4, -0.2) is 37.1 Å². The van der Waals surface area contributed by atoms with Crippen LogP contribution in [0.2, 0.25) is 0 Å². The molecule has 1 saturated carbocycles. The second-order valence-electron chi connectivity index (χ2n) is 16.4. The minimum Gasteiger partial charge on any atom is -0.493 e. The Morgan fingerprint density at radius 2 is 0.862 bits per heavy atom. The molecule has 58 heavy (non-hydrogen) atoms. The molecule has 10 heteroatoms. The monoisotopic (exact) mass is 798 g/mol. The fraction of sp³-hybridized carbons (Fsp3) is 0.583. The second kappa shape index (κ2) is 24.4. The fourth-order valence-corrected chi connectivity index (χ4v) is 8.05. The molecule has 2 aromatic heterocycles. The van der Waals surface area contributed by atoms with Crippen LogP contribution in [0.5, 0.6) is 11.5 Å². The van der Waals surface area contributed by atoms with Gasteiger partial charge in [-0.05, 0) is 101 Å². The summed E-state index contributed by atoms with van der Waals surface area (Å²) in [5.41, 5.74) is 2.27. The number of hydrogen-bond donors (Lipinski definition) is 2. The Hall–Kier alpha value is -4.60. The maximum absolute atomic E-state index is 12.5. The number of hydrogen-bond acceptors (Lipinski definition) is 8. The predicted molar refractivity (Wildman–Crippen MR) is 231 cm³/mol. The largest absolute Gasteiger partial charge is 0.493 e. The molecule has 0 bridgehead atoms. The number of benzene rings is 2. The number of carbonyl (C=O) groups is 2. The highest BCUT2D eigenvalue weighted by Crippen LogP contribution is 2.24. The molecule has 0 atom stereocenters. The molecule has 1 aliphatic rings. The molecule has 0 spiro atoms. The van der Waals surface area contributed by atoms with Gasteiger partial charge in [0, 0.05) is 60.0 Å². The van der Waals surface area contributed by atoms with E-state index in [4.69, 9.17) is 18.3 Å². The Balaban J connectivity index is 0.768. The maximum atomic E-state index is 12.5. The van der Waals surface area contributed by atoms with Gasteiger partial charge in [0.15, 0.2) is 0 Å². The molecule has 0 saturated heterocycles. The van der Waals surface area contributed by atoms with Gasteiger partial charge in [0.2, 0.25) is 11.8 Å². The van der Waals surface area contributed by atoms with Crippen LogP contribution in [0.1, 0.15) is 152 Å². The van der Waals surface area contributed by atoms with Crippen molar-refractivity contribution in [2.45, 2.75) is 167 Å². The van der Waals surface area contributed by atoms with E-state index in [9.17, 15) is 19.2 Å². The molecule has 2 N–H and O–H groups in total. The zero-order valence-electron chi connectivity index (χ0n) is 35.0. The third kappa shape index (κ3) is 15.6.